The van der Waals surface area contributed by atoms with Crippen LogP contribution in [0.1, 0.15) is 48.6 Å². The molecule has 0 aliphatic rings. The highest BCUT2D eigenvalue weighted by atomic mass is 14.9. The summed E-state index contributed by atoms with van der Waals surface area (Å²) in [6.45, 7) is 7.54. The van der Waals surface area contributed by atoms with Crippen LogP contribution >= 0.6 is 0 Å². The van der Waals surface area contributed by atoms with Crippen molar-refractivity contribution in [2.24, 2.45) is 0 Å². The van der Waals surface area contributed by atoms with Crippen LogP contribution in [-0.4, -0.2) is 6.54 Å². The summed E-state index contributed by atoms with van der Waals surface area (Å²) in [4.78, 5) is 0. The van der Waals surface area contributed by atoms with E-state index in [2.05, 4.69) is 74.6 Å². The molecule has 1 N–H and O–H groups in total. The molecular formula is C19H25N. The molecule has 2 aromatic carbocycles. The fourth-order valence-corrected chi connectivity index (χ4v) is 2.69. The van der Waals surface area contributed by atoms with Crippen LogP contribution in [0.3, 0.4) is 0 Å². The summed E-state index contributed by atoms with van der Waals surface area (Å²) in [6, 6.07) is 18.0. The molecule has 0 heterocycles. The third kappa shape index (κ3) is 3.49. The van der Waals surface area contributed by atoms with Crippen molar-refractivity contribution < 1.29 is 0 Å². The molecule has 0 amide bonds. The average Bonchev–Trinajstić information content (AvgIpc) is 2.47. The van der Waals surface area contributed by atoms with Crippen molar-refractivity contribution in [2.45, 2.75) is 39.7 Å². The van der Waals surface area contributed by atoms with Gasteiger partial charge in [0.2, 0.25) is 0 Å². The normalized spacial score (nSPS) is 12.3. The first kappa shape index (κ1) is 14.8. The Balaban J connectivity index is 2.31. The monoisotopic (exact) mass is 267 g/mol. The van der Waals surface area contributed by atoms with Gasteiger partial charge in [-0.3, -0.25) is 0 Å². The molecule has 1 unspecified atom stereocenters. The zero-order valence-electron chi connectivity index (χ0n) is 12.8. The molecule has 0 saturated heterocycles. The lowest BCUT2D eigenvalue weighted by Gasteiger charge is -2.21. The molecular weight excluding hydrogens is 242 g/mol. The van der Waals surface area contributed by atoms with E-state index in [1.54, 1.807) is 0 Å². The van der Waals surface area contributed by atoms with E-state index in [0.717, 1.165) is 13.0 Å². The quantitative estimate of drug-likeness (QED) is 0.803. The van der Waals surface area contributed by atoms with Crippen molar-refractivity contribution in [3.05, 3.63) is 70.8 Å². The van der Waals surface area contributed by atoms with E-state index in [9.17, 15) is 0 Å². The van der Waals surface area contributed by atoms with E-state index in [4.69, 9.17) is 0 Å². The fraction of sp³-hybridized carbons (Fsp3) is 0.368. The van der Waals surface area contributed by atoms with Gasteiger partial charge in [0.05, 0.1) is 6.04 Å². The largest absolute Gasteiger partial charge is 0.307 e. The Kier molecular flexibility index (Phi) is 5.37. The third-order valence-electron chi connectivity index (χ3n) is 3.76. The highest BCUT2D eigenvalue weighted by molar-refractivity contribution is 5.37. The van der Waals surface area contributed by atoms with Crippen molar-refractivity contribution in [1.29, 1.82) is 0 Å². The standard InChI is InChI=1S/C19H25N/c1-4-8-16-11-13-17(14-12-16)19(20-5-2)18-10-7-6-9-15(18)3/h6-7,9-14,19-20H,4-5,8H2,1-3H3. The minimum absolute atomic E-state index is 0.289. The fourth-order valence-electron chi connectivity index (χ4n) is 2.69. The first-order chi connectivity index (χ1) is 9.76. The minimum atomic E-state index is 0.289. The smallest absolute Gasteiger partial charge is 0.0579 e. The van der Waals surface area contributed by atoms with Crippen molar-refractivity contribution in [2.75, 3.05) is 6.54 Å². The molecule has 1 nitrogen and oxygen atoms in total. The molecule has 1 atom stereocenters. The molecule has 0 fully saturated rings. The van der Waals surface area contributed by atoms with Gasteiger partial charge in [-0.1, -0.05) is 68.8 Å². The van der Waals surface area contributed by atoms with Gasteiger partial charge < -0.3 is 5.32 Å². The first-order valence-electron chi connectivity index (χ1n) is 7.64. The van der Waals surface area contributed by atoms with E-state index >= 15 is 0 Å². The molecule has 0 radical (unpaired) electrons. The molecule has 0 aromatic heterocycles. The van der Waals surface area contributed by atoms with Crippen LogP contribution in [0, 0.1) is 6.92 Å². The lowest BCUT2D eigenvalue weighted by Crippen LogP contribution is -2.22. The SMILES string of the molecule is CCCc1ccc(C(NCC)c2ccccc2C)cc1. The molecule has 0 saturated carbocycles. The number of rotatable bonds is 6. The van der Waals surface area contributed by atoms with Crippen LogP contribution in [0.25, 0.3) is 0 Å². The van der Waals surface area contributed by atoms with Crippen molar-refractivity contribution in [3.63, 3.8) is 0 Å². The lowest BCUT2D eigenvalue weighted by atomic mass is 9.94. The van der Waals surface area contributed by atoms with E-state index in [0.29, 0.717) is 0 Å². The van der Waals surface area contributed by atoms with Gasteiger partial charge in [-0.05, 0) is 42.1 Å². The first-order valence-corrected chi connectivity index (χ1v) is 7.64. The summed E-state index contributed by atoms with van der Waals surface area (Å²) in [6.07, 6.45) is 2.37. The highest BCUT2D eigenvalue weighted by Crippen LogP contribution is 2.25. The summed E-state index contributed by atoms with van der Waals surface area (Å²) >= 11 is 0. The molecule has 20 heavy (non-hydrogen) atoms. The van der Waals surface area contributed by atoms with Crippen LogP contribution in [0.15, 0.2) is 48.5 Å². The Bertz CT molecular complexity index is 528. The maximum Gasteiger partial charge on any atom is 0.0579 e. The van der Waals surface area contributed by atoms with E-state index in [1.165, 1.54) is 28.7 Å². The van der Waals surface area contributed by atoms with Crippen molar-refractivity contribution in [1.82, 2.24) is 5.32 Å². The summed E-state index contributed by atoms with van der Waals surface area (Å²) in [5.74, 6) is 0. The van der Waals surface area contributed by atoms with Crippen LogP contribution in [0.2, 0.25) is 0 Å². The molecule has 1 heteroatoms. The Morgan fingerprint density at radius 1 is 0.950 bits per heavy atom. The summed E-state index contributed by atoms with van der Waals surface area (Å²) in [5, 5.41) is 3.61. The number of aryl methyl sites for hydroxylation is 2. The zero-order chi connectivity index (χ0) is 14.4. The van der Waals surface area contributed by atoms with E-state index in [-0.39, 0.29) is 6.04 Å². The zero-order valence-corrected chi connectivity index (χ0v) is 12.8. The van der Waals surface area contributed by atoms with Gasteiger partial charge in [0, 0.05) is 0 Å². The van der Waals surface area contributed by atoms with Crippen LogP contribution < -0.4 is 5.32 Å². The van der Waals surface area contributed by atoms with Gasteiger partial charge in [-0.25, -0.2) is 0 Å². The van der Waals surface area contributed by atoms with Crippen molar-refractivity contribution in [3.8, 4) is 0 Å². The topological polar surface area (TPSA) is 12.0 Å². The van der Waals surface area contributed by atoms with E-state index in [1.807, 2.05) is 0 Å². The second kappa shape index (κ2) is 7.25. The molecule has 2 rings (SSSR count). The number of benzene rings is 2. The summed E-state index contributed by atoms with van der Waals surface area (Å²) < 4.78 is 0. The number of hydrogen-bond donors (Lipinski definition) is 1. The van der Waals surface area contributed by atoms with Gasteiger partial charge in [0.25, 0.3) is 0 Å². The molecule has 0 aliphatic heterocycles. The molecule has 106 valence electrons. The van der Waals surface area contributed by atoms with E-state index < -0.39 is 0 Å². The van der Waals surface area contributed by atoms with Crippen LogP contribution in [-0.2, 0) is 6.42 Å². The molecule has 0 spiro atoms. The Morgan fingerprint density at radius 3 is 2.25 bits per heavy atom. The lowest BCUT2D eigenvalue weighted by molar-refractivity contribution is 0.627. The minimum Gasteiger partial charge on any atom is -0.307 e. The molecule has 2 aromatic rings. The van der Waals surface area contributed by atoms with Crippen molar-refractivity contribution >= 4 is 0 Å². The second-order valence-electron chi connectivity index (χ2n) is 5.34. The number of hydrogen-bond acceptors (Lipinski definition) is 1. The average molecular weight is 267 g/mol. The summed E-state index contributed by atoms with van der Waals surface area (Å²) in [7, 11) is 0. The Morgan fingerprint density at radius 2 is 1.65 bits per heavy atom. The Hall–Kier alpha value is -1.60. The maximum absolute atomic E-state index is 3.61. The van der Waals surface area contributed by atoms with Gasteiger partial charge in [-0.2, -0.15) is 0 Å². The Labute approximate surface area is 123 Å². The molecule has 0 aliphatic carbocycles. The predicted octanol–water partition coefficient (Wildman–Crippen LogP) is 4.65. The van der Waals surface area contributed by atoms with Gasteiger partial charge >= 0.3 is 0 Å². The predicted molar refractivity (Wildman–Crippen MR) is 87.1 cm³/mol. The second-order valence-corrected chi connectivity index (χ2v) is 5.34. The van der Waals surface area contributed by atoms with Crippen LogP contribution in [0.5, 0.6) is 0 Å². The maximum atomic E-state index is 3.61. The van der Waals surface area contributed by atoms with Gasteiger partial charge in [-0.15, -0.1) is 0 Å². The van der Waals surface area contributed by atoms with Gasteiger partial charge in [0.1, 0.15) is 0 Å². The number of nitrogens with one attached hydrogen (secondary N) is 1. The third-order valence-corrected chi connectivity index (χ3v) is 3.76. The highest BCUT2D eigenvalue weighted by Gasteiger charge is 2.14. The molecule has 0 bridgehead atoms. The van der Waals surface area contributed by atoms with Gasteiger partial charge in [0.15, 0.2) is 0 Å². The van der Waals surface area contributed by atoms with Crippen LogP contribution in [0.4, 0.5) is 0 Å². The summed E-state index contributed by atoms with van der Waals surface area (Å²) in [5.41, 5.74) is 5.49.